The van der Waals surface area contributed by atoms with Crippen LogP contribution < -0.4 is 5.32 Å². The molecule has 0 saturated carbocycles. The van der Waals surface area contributed by atoms with Gasteiger partial charge in [0.25, 0.3) is 0 Å². The van der Waals surface area contributed by atoms with E-state index in [1.54, 1.807) is 0 Å². The second-order valence-electron chi connectivity index (χ2n) is 5.97. The Labute approximate surface area is 110 Å². The third-order valence-corrected chi connectivity index (χ3v) is 2.72. The van der Waals surface area contributed by atoms with Crippen LogP contribution in [0.15, 0.2) is 0 Å². The van der Waals surface area contributed by atoms with Gasteiger partial charge in [-0.2, -0.15) is 0 Å². The molecule has 0 bridgehead atoms. The van der Waals surface area contributed by atoms with Crippen molar-refractivity contribution >= 4 is 11.9 Å². The van der Waals surface area contributed by atoms with E-state index >= 15 is 0 Å². The first-order valence-electron chi connectivity index (χ1n) is 6.80. The minimum absolute atomic E-state index is 0.0381. The van der Waals surface area contributed by atoms with Gasteiger partial charge in [0.05, 0.1) is 0 Å². The lowest BCUT2D eigenvalue weighted by Crippen LogP contribution is -2.24. The normalized spacial score (nSPS) is 11.3. The number of nitrogens with one attached hydrogen (secondary N) is 1. The number of carboxylic acids is 1. The van der Waals surface area contributed by atoms with Gasteiger partial charge in [-0.15, -0.1) is 0 Å². The summed E-state index contributed by atoms with van der Waals surface area (Å²) in [5, 5.41) is 11.3. The van der Waals surface area contributed by atoms with E-state index in [4.69, 9.17) is 5.11 Å². The minimum Gasteiger partial charge on any atom is -0.481 e. The topological polar surface area (TPSA) is 66.4 Å². The number of unbranched alkanes of at least 4 members (excludes halogenated alkanes) is 2. The van der Waals surface area contributed by atoms with E-state index in [1.807, 2.05) is 0 Å². The van der Waals surface area contributed by atoms with Crippen LogP contribution in [0.2, 0.25) is 0 Å². The molecule has 0 unspecified atom stereocenters. The van der Waals surface area contributed by atoms with Crippen LogP contribution in [0.1, 0.15) is 65.7 Å². The van der Waals surface area contributed by atoms with Gasteiger partial charge >= 0.3 is 5.97 Å². The van der Waals surface area contributed by atoms with E-state index in [2.05, 4.69) is 26.1 Å². The summed E-state index contributed by atoms with van der Waals surface area (Å²) < 4.78 is 0. The van der Waals surface area contributed by atoms with Gasteiger partial charge in [-0.05, 0) is 31.1 Å². The summed E-state index contributed by atoms with van der Waals surface area (Å²) in [7, 11) is 0. The van der Waals surface area contributed by atoms with E-state index in [0.29, 0.717) is 24.7 Å². The second-order valence-corrected chi connectivity index (χ2v) is 5.97. The molecule has 0 aromatic rings. The lowest BCUT2D eigenvalue weighted by molar-refractivity contribution is -0.137. The molecule has 0 spiro atoms. The fraction of sp³-hybridized carbons (Fsp3) is 0.857. The van der Waals surface area contributed by atoms with Gasteiger partial charge < -0.3 is 10.4 Å². The van der Waals surface area contributed by atoms with Crippen LogP contribution in [0.5, 0.6) is 0 Å². The number of hydrogen-bond donors (Lipinski definition) is 2. The maximum Gasteiger partial charge on any atom is 0.303 e. The number of rotatable bonds is 9. The average molecular weight is 257 g/mol. The van der Waals surface area contributed by atoms with Crippen LogP contribution in [0.3, 0.4) is 0 Å². The maximum absolute atomic E-state index is 11.4. The number of carbonyl (C=O) groups is 2. The Morgan fingerprint density at radius 1 is 1.00 bits per heavy atom. The third-order valence-electron chi connectivity index (χ3n) is 2.72. The van der Waals surface area contributed by atoms with Crippen molar-refractivity contribution in [3.8, 4) is 0 Å². The largest absolute Gasteiger partial charge is 0.481 e. The van der Waals surface area contributed by atoms with Crippen LogP contribution >= 0.6 is 0 Å². The molecule has 4 nitrogen and oxygen atoms in total. The van der Waals surface area contributed by atoms with Crippen molar-refractivity contribution in [1.29, 1.82) is 0 Å². The molecule has 106 valence electrons. The van der Waals surface area contributed by atoms with E-state index in [1.165, 1.54) is 6.42 Å². The standard InChI is InChI=1S/C14H27NO3/c1-14(2,3)10-6-7-11-15-12(16)8-4-5-9-13(17)18/h4-11H2,1-3H3,(H,15,16)(H,17,18). The Morgan fingerprint density at radius 3 is 2.17 bits per heavy atom. The SMILES string of the molecule is CC(C)(C)CCCCNC(=O)CCCCC(=O)O. The molecule has 0 fully saturated rings. The number of carbonyl (C=O) groups excluding carboxylic acids is 1. The molecule has 0 aliphatic carbocycles. The number of aliphatic carboxylic acids is 1. The average Bonchev–Trinajstić information content (AvgIpc) is 2.22. The summed E-state index contributed by atoms with van der Waals surface area (Å²) in [5.41, 5.74) is 0.362. The molecule has 0 aliphatic heterocycles. The van der Waals surface area contributed by atoms with Gasteiger partial charge in [-0.25, -0.2) is 0 Å². The molecule has 0 radical (unpaired) electrons. The summed E-state index contributed by atoms with van der Waals surface area (Å²) >= 11 is 0. The van der Waals surface area contributed by atoms with E-state index in [-0.39, 0.29) is 12.3 Å². The summed E-state index contributed by atoms with van der Waals surface area (Å²) in [6.45, 7) is 7.38. The van der Waals surface area contributed by atoms with Gasteiger partial charge in [0.1, 0.15) is 0 Å². The minimum atomic E-state index is -0.794. The predicted molar refractivity (Wildman–Crippen MR) is 72.4 cm³/mol. The van der Waals surface area contributed by atoms with Crippen LogP contribution in [-0.4, -0.2) is 23.5 Å². The van der Waals surface area contributed by atoms with Crippen LogP contribution in [-0.2, 0) is 9.59 Å². The fourth-order valence-electron chi connectivity index (χ4n) is 1.66. The molecule has 1 amide bonds. The highest BCUT2D eigenvalue weighted by Gasteiger charge is 2.09. The molecular formula is C14H27NO3. The number of amides is 1. The van der Waals surface area contributed by atoms with Gasteiger partial charge in [-0.3, -0.25) is 9.59 Å². The molecular weight excluding hydrogens is 230 g/mol. The first-order chi connectivity index (χ1) is 8.31. The summed E-state index contributed by atoms with van der Waals surface area (Å²) in [6, 6.07) is 0. The summed E-state index contributed by atoms with van der Waals surface area (Å²) in [4.78, 5) is 21.7. The molecule has 0 aromatic carbocycles. The van der Waals surface area contributed by atoms with Crippen LogP contribution in [0.4, 0.5) is 0 Å². The molecule has 0 heterocycles. The Kier molecular flexibility index (Phi) is 8.42. The lowest BCUT2D eigenvalue weighted by atomic mass is 9.90. The van der Waals surface area contributed by atoms with Crippen molar-refractivity contribution in [1.82, 2.24) is 5.32 Å². The second kappa shape index (κ2) is 8.95. The lowest BCUT2D eigenvalue weighted by Gasteiger charge is -2.17. The maximum atomic E-state index is 11.4. The zero-order valence-corrected chi connectivity index (χ0v) is 11.9. The fourth-order valence-corrected chi connectivity index (χ4v) is 1.66. The predicted octanol–water partition coefficient (Wildman–Crippen LogP) is 2.96. The zero-order chi connectivity index (χ0) is 14.0. The van der Waals surface area contributed by atoms with E-state index < -0.39 is 5.97 Å². The Hall–Kier alpha value is -1.06. The van der Waals surface area contributed by atoms with Crippen molar-refractivity contribution in [3.63, 3.8) is 0 Å². The van der Waals surface area contributed by atoms with Gasteiger partial charge in [0, 0.05) is 19.4 Å². The smallest absolute Gasteiger partial charge is 0.303 e. The van der Waals surface area contributed by atoms with Crippen LogP contribution in [0, 0.1) is 5.41 Å². The Bertz CT molecular complexity index is 256. The Morgan fingerprint density at radius 2 is 1.61 bits per heavy atom. The summed E-state index contributed by atoms with van der Waals surface area (Å²) in [6.07, 6.45) is 5.13. The van der Waals surface area contributed by atoms with Gasteiger partial charge in [0.2, 0.25) is 5.91 Å². The number of carboxylic acid groups (broad SMARTS) is 1. The van der Waals surface area contributed by atoms with E-state index in [0.717, 1.165) is 19.4 Å². The quantitative estimate of drug-likeness (QED) is 0.624. The highest BCUT2D eigenvalue weighted by molar-refractivity contribution is 5.75. The monoisotopic (exact) mass is 257 g/mol. The zero-order valence-electron chi connectivity index (χ0n) is 11.9. The van der Waals surface area contributed by atoms with Gasteiger partial charge in [-0.1, -0.05) is 27.2 Å². The van der Waals surface area contributed by atoms with E-state index in [9.17, 15) is 9.59 Å². The van der Waals surface area contributed by atoms with Crippen molar-refractivity contribution in [2.45, 2.75) is 65.7 Å². The Balaban J connectivity index is 3.35. The molecule has 0 rings (SSSR count). The van der Waals surface area contributed by atoms with Crippen molar-refractivity contribution < 1.29 is 14.7 Å². The van der Waals surface area contributed by atoms with Crippen molar-refractivity contribution in [2.24, 2.45) is 5.41 Å². The van der Waals surface area contributed by atoms with Gasteiger partial charge in [0.15, 0.2) is 0 Å². The third kappa shape index (κ3) is 13.0. The highest BCUT2D eigenvalue weighted by atomic mass is 16.4. The number of hydrogen-bond acceptors (Lipinski definition) is 2. The van der Waals surface area contributed by atoms with Crippen molar-refractivity contribution in [2.75, 3.05) is 6.54 Å². The van der Waals surface area contributed by atoms with Crippen molar-refractivity contribution in [3.05, 3.63) is 0 Å². The molecule has 0 atom stereocenters. The molecule has 0 saturated heterocycles. The molecule has 0 aliphatic rings. The van der Waals surface area contributed by atoms with Crippen LogP contribution in [0.25, 0.3) is 0 Å². The molecule has 0 aromatic heterocycles. The molecule has 2 N–H and O–H groups in total. The molecule has 4 heteroatoms. The first-order valence-corrected chi connectivity index (χ1v) is 6.80. The first kappa shape index (κ1) is 16.9. The highest BCUT2D eigenvalue weighted by Crippen LogP contribution is 2.21. The molecule has 18 heavy (non-hydrogen) atoms. The summed E-state index contributed by atoms with van der Waals surface area (Å²) in [5.74, 6) is -0.756.